The van der Waals surface area contributed by atoms with E-state index in [0.29, 0.717) is 11.3 Å². The van der Waals surface area contributed by atoms with E-state index in [1.165, 1.54) is 36.2 Å². The Balaban J connectivity index is 1.91. The maximum Gasteiger partial charge on any atom is 0.238 e. The number of benzene rings is 1. The van der Waals surface area contributed by atoms with Crippen LogP contribution < -0.4 is 15.2 Å². The van der Waals surface area contributed by atoms with Gasteiger partial charge in [-0.3, -0.25) is 4.68 Å². The van der Waals surface area contributed by atoms with Gasteiger partial charge >= 0.3 is 0 Å². The first-order chi connectivity index (χ1) is 14.0. The second-order valence-electron chi connectivity index (χ2n) is 7.16. The number of primary sulfonamides is 1. The van der Waals surface area contributed by atoms with Crippen molar-refractivity contribution < 1.29 is 22.7 Å². The predicted molar refractivity (Wildman–Crippen MR) is 107 cm³/mol. The first-order valence-corrected chi connectivity index (χ1v) is 10.3. The van der Waals surface area contributed by atoms with E-state index in [9.17, 15) is 17.9 Å². The van der Waals surface area contributed by atoms with Gasteiger partial charge in [-0.05, 0) is 26.0 Å². The number of aliphatic hydroxyl groups is 1. The number of halogens is 1. The second-order valence-corrected chi connectivity index (χ2v) is 8.72. The molecule has 0 aliphatic rings. The van der Waals surface area contributed by atoms with Crippen LogP contribution in [0.2, 0.25) is 0 Å². The Labute approximate surface area is 172 Å². The van der Waals surface area contributed by atoms with Crippen LogP contribution in [-0.4, -0.2) is 46.0 Å². The molecule has 0 spiro atoms. The topological polar surface area (TPSA) is 145 Å². The standard InChI is InChI=1S/C18H21FN6O4S/c1-18(2,26)10-25-9-11(7-22-25)16-13(19)8-21-17(24-16)23-14-5-4-12(30(20,27)28)6-15(14)29-3/h4-9,26H,10H2,1-3H3,(H2,20,27,28)(H,21,23,24). The molecule has 2 heterocycles. The zero-order valence-corrected chi connectivity index (χ0v) is 17.3. The van der Waals surface area contributed by atoms with E-state index in [2.05, 4.69) is 20.4 Å². The minimum atomic E-state index is -3.90. The van der Waals surface area contributed by atoms with Crippen molar-refractivity contribution in [2.45, 2.75) is 30.9 Å². The van der Waals surface area contributed by atoms with Gasteiger partial charge in [-0.25, -0.2) is 27.9 Å². The molecule has 0 aliphatic carbocycles. The minimum absolute atomic E-state index is 0.00891. The SMILES string of the molecule is COc1cc(S(N)(=O)=O)ccc1Nc1ncc(F)c(-c2cnn(CC(C)(C)O)c2)n1. The van der Waals surface area contributed by atoms with Gasteiger partial charge in [0.15, 0.2) is 5.82 Å². The number of rotatable bonds is 7. The fraction of sp³-hybridized carbons (Fsp3) is 0.278. The Hall–Kier alpha value is -3.09. The second kappa shape index (κ2) is 7.97. The molecule has 0 radical (unpaired) electrons. The highest BCUT2D eigenvalue weighted by Gasteiger charge is 2.18. The van der Waals surface area contributed by atoms with Gasteiger partial charge in [-0.2, -0.15) is 5.10 Å². The monoisotopic (exact) mass is 436 g/mol. The van der Waals surface area contributed by atoms with Crippen molar-refractivity contribution in [2.24, 2.45) is 5.14 Å². The average Bonchev–Trinajstić information content (AvgIpc) is 3.09. The van der Waals surface area contributed by atoms with Gasteiger partial charge in [-0.15, -0.1) is 0 Å². The minimum Gasteiger partial charge on any atom is -0.495 e. The highest BCUT2D eigenvalue weighted by atomic mass is 32.2. The van der Waals surface area contributed by atoms with E-state index in [0.717, 1.165) is 6.20 Å². The van der Waals surface area contributed by atoms with E-state index in [4.69, 9.17) is 9.88 Å². The van der Waals surface area contributed by atoms with Crippen LogP contribution in [0.3, 0.4) is 0 Å². The lowest BCUT2D eigenvalue weighted by molar-refractivity contribution is 0.0577. The number of aromatic nitrogens is 4. The number of hydrogen-bond acceptors (Lipinski definition) is 8. The van der Waals surface area contributed by atoms with Gasteiger partial charge in [0.25, 0.3) is 0 Å². The molecule has 10 nitrogen and oxygen atoms in total. The van der Waals surface area contributed by atoms with Crippen LogP contribution in [0.4, 0.5) is 16.0 Å². The highest BCUT2D eigenvalue weighted by molar-refractivity contribution is 7.89. The van der Waals surface area contributed by atoms with Crippen LogP contribution in [0.15, 0.2) is 41.7 Å². The predicted octanol–water partition coefficient (Wildman–Crippen LogP) is 1.65. The average molecular weight is 436 g/mol. The highest BCUT2D eigenvalue weighted by Crippen LogP contribution is 2.30. The molecular formula is C18H21FN6O4S. The zero-order valence-electron chi connectivity index (χ0n) is 16.5. The summed E-state index contributed by atoms with van der Waals surface area (Å²) in [5.41, 5.74) is -0.214. The van der Waals surface area contributed by atoms with E-state index in [1.54, 1.807) is 20.0 Å². The number of nitrogens with zero attached hydrogens (tertiary/aromatic N) is 4. The van der Waals surface area contributed by atoms with E-state index in [-0.39, 0.29) is 28.8 Å². The smallest absolute Gasteiger partial charge is 0.238 e. The van der Waals surface area contributed by atoms with Crippen molar-refractivity contribution in [3.8, 4) is 17.0 Å². The summed E-state index contributed by atoms with van der Waals surface area (Å²) >= 11 is 0. The molecule has 30 heavy (non-hydrogen) atoms. The summed E-state index contributed by atoms with van der Waals surface area (Å²) in [6, 6.07) is 3.99. The van der Waals surface area contributed by atoms with Crippen molar-refractivity contribution in [2.75, 3.05) is 12.4 Å². The van der Waals surface area contributed by atoms with Crippen molar-refractivity contribution in [1.29, 1.82) is 0 Å². The summed E-state index contributed by atoms with van der Waals surface area (Å²) in [5.74, 6) is -0.405. The lowest BCUT2D eigenvalue weighted by Crippen LogP contribution is -2.26. The van der Waals surface area contributed by atoms with Gasteiger partial charge < -0.3 is 15.2 Å². The largest absolute Gasteiger partial charge is 0.495 e. The van der Waals surface area contributed by atoms with Gasteiger partial charge in [0.2, 0.25) is 16.0 Å². The molecule has 3 aromatic rings. The van der Waals surface area contributed by atoms with Crippen molar-refractivity contribution >= 4 is 21.7 Å². The van der Waals surface area contributed by atoms with Crippen LogP contribution in [-0.2, 0) is 16.6 Å². The van der Waals surface area contributed by atoms with Gasteiger partial charge in [0.05, 0.1) is 42.2 Å². The summed E-state index contributed by atoms with van der Waals surface area (Å²) in [4.78, 5) is 7.97. The quantitative estimate of drug-likeness (QED) is 0.507. The Morgan fingerprint density at radius 3 is 2.70 bits per heavy atom. The maximum absolute atomic E-state index is 14.3. The number of ether oxygens (including phenoxy) is 1. The fourth-order valence-corrected chi connectivity index (χ4v) is 3.20. The molecule has 0 saturated carbocycles. The molecule has 0 unspecified atom stereocenters. The van der Waals surface area contributed by atoms with E-state index < -0.39 is 21.4 Å². The Morgan fingerprint density at radius 1 is 1.33 bits per heavy atom. The van der Waals surface area contributed by atoms with Crippen LogP contribution in [0.25, 0.3) is 11.3 Å². The van der Waals surface area contributed by atoms with Crippen LogP contribution in [0.5, 0.6) is 5.75 Å². The molecule has 0 fully saturated rings. The first kappa shape index (κ1) is 21.6. The third-order valence-corrected chi connectivity index (χ3v) is 4.86. The van der Waals surface area contributed by atoms with Crippen molar-refractivity contribution in [3.05, 3.63) is 42.6 Å². The summed E-state index contributed by atoms with van der Waals surface area (Å²) in [6.45, 7) is 3.49. The number of anilines is 2. The lowest BCUT2D eigenvalue weighted by Gasteiger charge is -2.16. The number of sulfonamides is 1. The molecule has 0 saturated heterocycles. The molecule has 0 amide bonds. The van der Waals surface area contributed by atoms with Crippen LogP contribution in [0, 0.1) is 5.82 Å². The van der Waals surface area contributed by atoms with Crippen LogP contribution in [0.1, 0.15) is 13.8 Å². The molecule has 0 aliphatic heterocycles. The Bertz CT molecular complexity index is 1170. The number of methoxy groups -OCH3 is 1. The third kappa shape index (κ3) is 5.09. The molecule has 160 valence electrons. The molecular weight excluding hydrogens is 415 g/mol. The fourth-order valence-electron chi connectivity index (χ4n) is 2.67. The normalized spacial score (nSPS) is 12.1. The number of nitrogens with one attached hydrogen (secondary N) is 1. The lowest BCUT2D eigenvalue weighted by atomic mass is 10.1. The molecule has 12 heteroatoms. The van der Waals surface area contributed by atoms with Crippen LogP contribution >= 0.6 is 0 Å². The summed E-state index contributed by atoms with van der Waals surface area (Å²) < 4.78 is 44.0. The Kier molecular flexibility index (Phi) is 5.74. The first-order valence-electron chi connectivity index (χ1n) is 8.72. The zero-order chi connectivity index (χ0) is 22.1. The molecule has 2 aromatic heterocycles. The summed E-state index contributed by atoms with van der Waals surface area (Å²) in [7, 11) is -2.54. The van der Waals surface area contributed by atoms with Gasteiger partial charge in [0.1, 0.15) is 11.4 Å². The molecule has 1 aromatic carbocycles. The maximum atomic E-state index is 14.3. The van der Waals surface area contributed by atoms with Crippen molar-refractivity contribution in [3.63, 3.8) is 0 Å². The van der Waals surface area contributed by atoms with E-state index >= 15 is 0 Å². The molecule has 3 rings (SSSR count). The van der Waals surface area contributed by atoms with Gasteiger partial charge in [-0.1, -0.05) is 0 Å². The molecule has 0 bridgehead atoms. The summed E-state index contributed by atoms with van der Waals surface area (Å²) in [5, 5.41) is 22.0. The number of nitrogens with two attached hydrogens (primary N) is 1. The third-order valence-electron chi connectivity index (χ3n) is 3.95. The molecule has 0 atom stereocenters. The summed E-state index contributed by atoms with van der Waals surface area (Å²) in [6.07, 6.45) is 4.00. The molecule has 4 N–H and O–H groups in total. The van der Waals surface area contributed by atoms with Crippen molar-refractivity contribution in [1.82, 2.24) is 19.7 Å². The Morgan fingerprint density at radius 2 is 2.07 bits per heavy atom. The van der Waals surface area contributed by atoms with E-state index in [1.807, 2.05) is 0 Å². The number of hydrogen-bond donors (Lipinski definition) is 3. The van der Waals surface area contributed by atoms with Gasteiger partial charge in [0, 0.05) is 17.8 Å².